The average Bonchev–Trinajstić information content (AvgIpc) is 2.65. The van der Waals surface area contributed by atoms with E-state index in [1.165, 1.54) is 11.8 Å². The lowest BCUT2D eigenvalue weighted by molar-refractivity contribution is 0.0950. The molecule has 0 radical (unpaired) electrons. The number of nitrogens with one attached hydrogen (secondary N) is 1. The second kappa shape index (κ2) is 8.65. The molecule has 3 aromatic rings. The first kappa shape index (κ1) is 17.5. The number of benzene rings is 1. The molecule has 4 nitrogen and oxygen atoms in total. The van der Waals surface area contributed by atoms with Gasteiger partial charge in [-0.25, -0.2) is 4.98 Å². The summed E-state index contributed by atoms with van der Waals surface area (Å²) in [5.41, 5.74) is 1.51. The largest absolute Gasteiger partial charge is 0.352 e. The molecule has 0 aliphatic heterocycles. The molecule has 0 spiro atoms. The molecular weight excluding hydrogens is 354 g/mol. The molecule has 1 aromatic carbocycles. The molecule has 0 unspecified atom stereocenters. The van der Waals surface area contributed by atoms with Crippen LogP contribution in [0.1, 0.15) is 16.1 Å². The number of pyridine rings is 2. The Labute approximate surface area is 155 Å². The minimum Gasteiger partial charge on any atom is -0.352 e. The zero-order valence-electron chi connectivity index (χ0n) is 13.4. The highest BCUT2D eigenvalue weighted by Gasteiger charge is 2.13. The van der Waals surface area contributed by atoms with Gasteiger partial charge in [-0.05, 0) is 48.5 Å². The van der Waals surface area contributed by atoms with E-state index in [2.05, 4.69) is 15.3 Å². The number of amides is 1. The molecule has 1 amide bonds. The standard InChI is InChI=1S/C19H16ClN3OS/c20-14-6-8-16(9-7-14)25-19-17(5-3-12-23-19)18(24)22-13-10-15-4-1-2-11-21-15/h1-9,11-12H,10,13H2,(H,22,24). The van der Waals surface area contributed by atoms with Gasteiger partial charge in [0.1, 0.15) is 5.03 Å². The van der Waals surface area contributed by atoms with Crippen LogP contribution in [0.4, 0.5) is 0 Å². The Kier molecular flexibility index (Phi) is 6.04. The Bertz CT molecular complexity index is 841. The van der Waals surface area contributed by atoms with Gasteiger partial charge in [-0.3, -0.25) is 9.78 Å². The van der Waals surface area contributed by atoms with E-state index >= 15 is 0 Å². The zero-order valence-corrected chi connectivity index (χ0v) is 14.9. The third-order valence-corrected chi connectivity index (χ3v) is 4.72. The molecule has 0 saturated heterocycles. The highest BCUT2D eigenvalue weighted by Crippen LogP contribution is 2.29. The number of halogens is 1. The molecule has 0 aliphatic carbocycles. The number of hydrogen-bond acceptors (Lipinski definition) is 4. The zero-order chi connectivity index (χ0) is 17.5. The first-order valence-electron chi connectivity index (χ1n) is 7.79. The summed E-state index contributed by atoms with van der Waals surface area (Å²) in [7, 11) is 0. The third-order valence-electron chi connectivity index (χ3n) is 3.44. The smallest absolute Gasteiger partial charge is 0.254 e. The van der Waals surface area contributed by atoms with E-state index in [9.17, 15) is 4.79 Å². The highest BCUT2D eigenvalue weighted by molar-refractivity contribution is 7.99. The predicted molar refractivity (Wildman–Crippen MR) is 100 cm³/mol. The van der Waals surface area contributed by atoms with Crippen LogP contribution in [0.5, 0.6) is 0 Å². The second-order valence-corrected chi connectivity index (χ2v) is 6.74. The lowest BCUT2D eigenvalue weighted by Gasteiger charge is -2.09. The summed E-state index contributed by atoms with van der Waals surface area (Å²) < 4.78 is 0. The first-order chi connectivity index (χ1) is 12.2. The fraction of sp³-hybridized carbons (Fsp3) is 0.105. The molecule has 0 fully saturated rings. The van der Waals surface area contributed by atoms with Crippen LogP contribution >= 0.6 is 23.4 Å². The van der Waals surface area contributed by atoms with Crippen LogP contribution in [0.2, 0.25) is 5.02 Å². The van der Waals surface area contributed by atoms with Crippen molar-refractivity contribution in [3.05, 3.63) is 83.3 Å². The number of carbonyl (C=O) groups is 1. The van der Waals surface area contributed by atoms with Crippen LogP contribution in [0, 0.1) is 0 Å². The van der Waals surface area contributed by atoms with Crippen molar-refractivity contribution >= 4 is 29.3 Å². The van der Waals surface area contributed by atoms with Crippen molar-refractivity contribution in [1.29, 1.82) is 0 Å². The highest BCUT2D eigenvalue weighted by atomic mass is 35.5. The van der Waals surface area contributed by atoms with Gasteiger partial charge in [0.25, 0.3) is 5.91 Å². The van der Waals surface area contributed by atoms with Gasteiger partial charge in [-0.15, -0.1) is 0 Å². The minimum atomic E-state index is -0.138. The summed E-state index contributed by atoms with van der Waals surface area (Å²) in [5.74, 6) is -0.138. The minimum absolute atomic E-state index is 0.138. The normalized spacial score (nSPS) is 10.4. The van der Waals surface area contributed by atoms with Crippen molar-refractivity contribution in [3.8, 4) is 0 Å². The molecule has 25 heavy (non-hydrogen) atoms. The van der Waals surface area contributed by atoms with Gasteiger partial charge in [-0.2, -0.15) is 0 Å². The molecule has 2 aromatic heterocycles. The van der Waals surface area contributed by atoms with Crippen molar-refractivity contribution in [3.63, 3.8) is 0 Å². The van der Waals surface area contributed by atoms with Crippen LogP contribution in [-0.4, -0.2) is 22.4 Å². The Morgan fingerprint density at radius 1 is 1.00 bits per heavy atom. The Balaban J connectivity index is 1.65. The first-order valence-corrected chi connectivity index (χ1v) is 8.98. The van der Waals surface area contributed by atoms with Crippen LogP contribution in [0.15, 0.2) is 76.9 Å². The van der Waals surface area contributed by atoms with E-state index in [0.29, 0.717) is 28.6 Å². The van der Waals surface area contributed by atoms with Crippen LogP contribution in [0.3, 0.4) is 0 Å². The molecule has 6 heteroatoms. The van der Waals surface area contributed by atoms with E-state index in [1.807, 2.05) is 42.5 Å². The van der Waals surface area contributed by atoms with Gasteiger partial charge in [0.15, 0.2) is 0 Å². The lowest BCUT2D eigenvalue weighted by Crippen LogP contribution is -2.26. The number of hydrogen-bond donors (Lipinski definition) is 1. The maximum atomic E-state index is 12.5. The summed E-state index contributed by atoms with van der Waals surface area (Å²) in [6, 6.07) is 16.7. The van der Waals surface area contributed by atoms with Crippen molar-refractivity contribution in [1.82, 2.24) is 15.3 Å². The molecule has 2 heterocycles. The van der Waals surface area contributed by atoms with Gasteiger partial charge in [-0.1, -0.05) is 29.4 Å². The fourth-order valence-electron chi connectivity index (χ4n) is 2.20. The molecule has 0 aliphatic rings. The Morgan fingerprint density at radius 2 is 1.80 bits per heavy atom. The summed E-state index contributed by atoms with van der Waals surface area (Å²) in [5, 5.41) is 4.27. The number of rotatable bonds is 6. The summed E-state index contributed by atoms with van der Waals surface area (Å²) in [4.78, 5) is 22.1. The monoisotopic (exact) mass is 369 g/mol. The summed E-state index contributed by atoms with van der Waals surface area (Å²) in [6.45, 7) is 0.524. The fourth-order valence-corrected chi connectivity index (χ4v) is 3.21. The van der Waals surface area contributed by atoms with Crippen LogP contribution in [-0.2, 0) is 6.42 Å². The van der Waals surface area contributed by atoms with Gasteiger partial charge >= 0.3 is 0 Å². The number of aromatic nitrogens is 2. The van der Waals surface area contributed by atoms with Gasteiger partial charge in [0.2, 0.25) is 0 Å². The predicted octanol–water partition coefficient (Wildman–Crippen LogP) is 4.25. The maximum Gasteiger partial charge on any atom is 0.254 e. The Morgan fingerprint density at radius 3 is 2.56 bits per heavy atom. The quantitative estimate of drug-likeness (QED) is 0.705. The van der Waals surface area contributed by atoms with Gasteiger partial charge in [0.05, 0.1) is 5.56 Å². The van der Waals surface area contributed by atoms with E-state index in [4.69, 9.17) is 11.6 Å². The molecule has 0 bridgehead atoms. The molecule has 0 atom stereocenters. The molecule has 3 rings (SSSR count). The topological polar surface area (TPSA) is 54.9 Å². The summed E-state index contributed by atoms with van der Waals surface area (Å²) in [6.07, 6.45) is 4.12. The second-order valence-electron chi connectivity index (χ2n) is 5.24. The number of carbonyl (C=O) groups excluding carboxylic acids is 1. The van der Waals surface area contributed by atoms with Gasteiger partial charge < -0.3 is 5.32 Å². The van der Waals surface area contributed by atoms with Crippen LogP contribution in [0.25, 0.3) is 0 Å². The molecule has 126 valence electrons. The SMILES string of the molecule is O=C(NCCc1ccccn1)c1cccnc1Sc1ccc(Cl)cc1. The maximum absolute atomic E-state index is 12.5. The van der Waals surface area contributed by atoms with Crippen molar-refractivity contribution < 1.29 is 4.79 Å². The van der Waals surface area contributed by atoms with Crippen molar-refractivity contribution in [2.75, 3.05) is 6.54 Å². The van der Waals surface area contributed by atoms with Crippen molar-refractivity contribution in [2.24, 2.45) is 0 Å². The number of nitrogens with zero attached hydrogens (tertiary/aromatic N) is 2. The average molecular weight is 370 g/mol. The third kappa shape index (κ3) is 5.05. The summed E-state index contributed by atoms with van der Waals surface area (Å²) >= 11 is 7.35. The Hall–Kier alpha value is -2.37. The molecule has 1 N–H and O–H groups in total. The van der Waals surface area contributed by atoms with E-state index in [1.54, 1.807) is 24.5 Å². The van der Waals surface area contributed by atoms with E-state index in [0.717, 1.165) is 10.6 Å². The van der Waals surface area contributed by atoms with Crippen molar-refractivity contribution in [2.45, 2.75) is 16.3 Å². The lowest BCUT2D eigenvalue weighted by atomic mass is 10.2. The molecular formula is C19H16ClN3OS. The van der Waals surface area contributed by atoms with Gasteiger partial charge in [0, 0.05) is 41.0 Å². The van der Waals surface area contributed by atoms with E-state index < -0.39 is 0 Å². The van der Waals surface area contributed by atoms with Crippen LogP contribution < -0.4 is 5.32 Å². The molecule has 0 saturated carbocycles. The van der Waals surface area contributed by atoms with E-state index in [-0.39, 0.29) is 5.91 Å².